The van der Waals surface area contributed by atoms with Gasteiger partial charge in [0.15, 0.2) is 0 Å². The van der Waals surface area contributed by atoms with Gasteiger partial charge in [0, 0.05) is 31.3 Å². The Kier molecular flexibility index (Phi) is 2.88. The molecule has 0 spiro atoms. The molecule has 0 bridgehead atoms. The maximum atomic E-state index is 13.2. The van der Waals surface area contributed by atoms with Crippen molar-refractivity contribution in [3.8, 4) is 0 Å². The summed E-state index contributed by atoms with van der Waals surface area (Å²) in [6, 6.07) is 9.92. The second-order valence-electron chi connectivity index (χ2n) is 5.16. The molecule has 0 saturated carbocycles. The molecule has 2 heterocycles. The van der Waals surface area contributed by atoms with Crippen molar-refractivity contribution in [2.45, 2.75) is 25.7 Å². The number of aromatic nitrogens is 1. The van der Waals surface area contributed by atoms with E-state index in [-0.39, 0.29) is 12.8 Å². The second kappa shape index (κ2) is 4.44. The molecule has 1 aromatic carbocycles. The van der Waals surface area contributed by atoms with Crippen LogP contribution in [-0.4, -0.2) is 24.0 Å². The number of benzene rings is 1. The van der Waals surface area contributed by atoms with E-state index in [9.17, 15) is 8.78 Å². The second-order valence-corrected chi connectivity index (χ2v) is 5.16. The number of fused-ring (bicyclic) bond motifs is 1. The molecule has 0 amide bonds. The molecule has 1 saturated heterocycles. The Morgan fingerprint density at radius 3 is 2.58 bits per heavy atom. The highest BCUT2D eigenvalue weighted by Crippen LogP contribution is 2.31. The molecule has 1 aliphatic rings. The Labute approximate surface area is 111 Å². The van der Waals surface area contributed by atoms with Gasteiger partial charge in [0.2, 0.25) is 0 Å². The number of anilines is 1. The SMILES string of the molecule is Cc1cc(N2CCC(F)(F)CC2)nc2ccccc12. The minimum absolute atomic E-state index is 0.0828. The van der Waals surface area contributed by atoms with Crippen LogP contribution < -0.4 is 4.90 Å². The van der Waals surface area contributed by atoms with Crippen LogP contribution in [0, 0.1) is 6.92 Å². The molecular formula is C15H16F2N2. The highest BCUT2D eigenvalue weighted by Gasteiger charge is 2.34. The van der Waals surface area contributed by atoms with Crippen molar-refractivity contribution >= 4 is 16.7 Å². The molecule has 4 heteroatoms. The summed E-state index contributed by atoms with van der Waals surface area (Å²) in [5, 5.41) is 1.12. The molecule has 19 heavy (non-hydrogen) atoms. The average molecular weight is 262 g/mol. The number of rotatable bonds is 1. The van der Waals surface area contributed by atoms with Crippen molar-refractivity contribution in [2.75, 3.05) is 18.0 Å². The van der Waals surface area contributed by atoms with Crippen molar-refractivity contribution in [1.29, 1.82) is 0 Å². The Morgan fingerprint density at radius 1 is 1.16 bits per heavy atom. The van der Waals surface area contributed by atoms with Gasteiger partial charge in [-0.25, -0.2) is 13.8 Å². The number of alkyl halides is 2. The van der Waals surface area contributed by atoms with Crippen molar-refractivity contribution < 1.29 is 8.78 Å². The zero-order valence-corrected chi connectivity index (χ0v) is 10.9. The number of halogens is 2. The number of pyridine rings is 1. The smallest absolute Gasteiger partial charge is 0.251 e. The van der Waals surface area contributed by atoms with Crippen LogP contribution in [0.5, 0.6) is 0 Å². The predicted octanol–water partition coefficient (Wildman–Crippen LogP) is 3.78. The Balaban J connectivity index is 1.94. The summed E-state index contributed by atoms with van der Waals surface area (Å²) >= 11 is 0. The zero-order valence-electron chi connectivity index (χ0n) is 10.9. The van der Waals surface area contributed by atoms with Crippen molar-refractivity contribution in [3.05, 3.63) is 35.9 Å². The van der Waals surface area contributed by atoms with Crippen LogP contribution in [0.15, 0.2) is 30.3 Å². The molecule has 2 aromatic rings. The average Bonchev–Trinajstić information content (AvgIpc) is 2.38. The number of aryl methyl sites for hydroxylation is 1. The van der Waals surface area contributed by atoms with Gasteiger partial charge in [0.1, 0.15) is 5.82 Å². The molecule has 0 N–H and O–H groups in total. The highest BCUT2D eigenvalue weighted by molar-refractivity contribution is 5.83. The molecular weight excluding hydrogens is 246 g/mol. The summed E-state index contributed by atoms with van der Waals surface area (Å²) in [5.41, 5.74) is 2.06. The maximum absolute atomic E-state index is 13.2. The van der Waals surface area contributed by atoms with Gasteiger partial charge in [-0.1, -0.05) is 18.2 Å². The quantitative estimate of drug-likeness (QED) is 0.777. The first-order valence-electron chi connectivity index (χ1n) is 6.54. The lowest BCUT2D eigenvalue weighted by molar-refractivity contribution is -0.0221. The fourth-order valence-electron chi connectivity index (χ4n) is 2.56. The van der Waals surface area contributed by atoms with Crippen LogP contribution in [0.2, 0.25) is 0 Å². The minimum atomic E-state index is -2.51. The number of hydrogen-bond acceptors (Lipinski definition) is 2. The van der Waals surface area contributed by atoms with Gasteiger partial charge >= 0.3 is 0 Å². The van der Waals surface area contributed by atoms with E-state index in [0.29, 0.717) is 13.1 Å². The summed E-state index contributed by atoms with van der Waals surface area (Å²) in [6.07, 6.45) is -0.166. The molecule has 2 nitrogen and oxygen atoms in total. The lowest BCUT2D eigenvalue weighted by atomic mass is 10.1. The Morgan fingerprint density at radius 2 is 1.84 bits per heavy atom. The third kappa shape index (κ3) is 2.39. The first-order chi connectivity index (χ1) is 9.05. The van der Waals surface area contributed by atoms with E-state index in [4.69, 9.17) is 0 Å². The molecule has 3 rings (SSSR count). The van der Waals surface area contributed by atoms with E-state index in [0.717, 1.165) is 22.3 Å². The predicted molar refractivity (Wildman–Crippen MR) is 72.9 cm³/mol. The number of piperidine rings is 1. The molecule has 0 aliphatic carbocycles. The first-order valence-corrected chi connectivity index (χ1v) is 6.54. The minimum Gasteiger partial charge on any atom is -0.356 e. The van der Waals surface area contributed by atoms with Crippen LogP contribution >= 0.6 is 0 Å². The van der Waals surface area contributed by atoms with E-state index in [2.05, 4.69) is 4.98 Å². The van der Waals surface area contributed by atoms with E-state index < -0.39 is 5.92 Å². The van der Waals surface area contributed by atoms with E-state index in [1.54, 1.807) is 0 Å². The largest absolute Gasteiger partial charge is 0.356 e. The van der Waals surface area contributed by atoms with Gasteiger partial charge in [-0.15, -0.1) is 0 Å². The van der Waals surface area contributed by atoms with Gasteiger partial charge < -0.3 is 4.90 Å². The third-order valence-electron chi connectivity index (χ3n) is 3.73. The van der Waals surface area contributed by atoms with Crippen molar-refractivity contribution in [1.82, 2.24) is 4.98 Å². The van der Waals surface area contributed by atoms with E-state index in [1.165, 1.54) is 0 Å². The molecule has 0 unspecified atom stereocenters. The summed E-state index contributed by atoms with van der Waals surface area (Å²) in [7, 11) is 0. The fourth-order valence-corrected chi connectivity index (χ4v) is 2.56. The van der Waals surface area contributed by atoms with Crippen LogP contribution in [0.4, 0.5) is 14.6 Å². The maximum Gasteiger partial charge on any atom is 0.251 e. The van der Waals surface area contributed by atoms with Gasteiger partial charge in [0.05, 0.1) is 5.52 Å². The van der Waals surface area contributed by atoms with Crippen molar-refractivity contribution in [2.24, 2.45) is 0 Å². The first kappa shape index (κ1) is 12.3. The summed E-state index contributed by atoms with van der Waals surface area (Å²) in [5.74, 6) is -1.70. The van der Waals surface area contributed by atoms with Gasteiger partial charge in [0.25, 0.3) is 5.92 Å². The fraction of sp³-hybridized carbons (Fsp3) is 0.400. The lowest BCUT2D eigenvalue weighted by Crippen LogP contribution is -2.39. The number of hydrogen-bond donors (Lipinski definition) is 0. The monoisotopic (exact) mass is 262 g/mol. The topological polar surface area (TPSA) is 16.1 Å². The molecule has 1 aromatic heterocycles. The molecule has 1 fully saturated rings. The standard InChI is InChI=1S/C15H16F2N2/c1-11-10-14(18-13-5-3-2-4-12(11)13)19-8-6-15(16,17)7-9-19/h2-5,10H,6-9H2,1H3. The summed E-state index contributed by atoms with van der Waals surface area (Å²) in [6.45, 7) is 2.78. The molecule has 1 aliphatic heterocycles. The number of para-hydroxylation sites is 1. The number of nitrogens with zero attached hydrogens (tertiary/aromatic N) is 2. The zero-order chi connectivity index (χ0) is 13.5. The van der Waals surface area contributed by atoms with Crippen LogP contribution in [0.3, 0.4) is 0 Å². The third-order valence-corrected chi connectivity index (χ3v) is 3.73. The van der Waals surface area contributed by atoms with Gasteiger partial charge in [-0.3, -0.25) is 0 Å². The Bertz CT molecular complexity index is 600. The van der Waals surface area contributed by atoms with E-state index >= 15 is 0 Å². The summed E-state index contributed by atoms with van der Waals surface area (Å²) in [4.78, 5) is 6.54. The van der Waals surface area contributed by atoms with E-state index in [1.807, 2.05) is 42.2 Å². The highest BCUT2D eigenvalue weighted by atomic mass is 19.3. The van der Waals surface area contributed by atoms with Crippen LogP contribution in [0.1, 0.15) is 18.4 Å². The van der Waals surface area contributed by atoms with Crippen LogP contribution in [0.25, 0.3) is 10.9 Å². The lowest BCUT2D eigenvalue weighted by Gasteiger charge is -2.32. The van der Waals surface area contributed by atoms with Crippen LogP contribution in [-0.2, 0) is 0 Å². The molecule has 0 radical (unpaired) electrons. The van der Waals surface area contributed by atoms with Gasteiger partial charge in [-0.05, 0) is 24.6 Å². The normalized spacial score (nSPS) is 18.8. The Hall–Kier alpha value is -1.71. The summed E-state index contributed by atoms with van der Waals surface area (Å²) < 4.78 is 26.4. The molecule has 100 valence electrons. The van der Waals surface area contributed by atoms with Gasteiger partial charge in [-0.2, -0.15) is 0 Å². The molecule has 0 atom stereocenters. The van der Waals surface area contributed by atoms with Crippen molar-refractivity contribution in [3.63, 3.8) is 0 Å².